The standard InChI is InChI=1S/C15H20N4O4S/c1-16-14(20)12-7-10-8-18(9-13(10)19(12)24(2,22)23)15(21)11-5-3-4-6-17-11/h3-6,10,12-13H,7-9H2,1-2H3,(H,16,20)/t10-,12-,13+/m1/s1. The number of nitrogens with one attached hydrogen (secondary N) is 1. The predicted octanol–water partition coefficient (Wildman–Crippen LogP) is -0.698. The van der Waals surface area contributed by atoms with Gasteiger partial charge in [0.1, 0.15) is 11.7 Å². The number of likely N-dealkylation sites (tertiary alicyclic amines) is 1. The van der Waals surface area contributed by atoms with E-state index in [0.717, 1.165) is 6.26 Å². The molecule has 3 rings (SSSR count). The number of sulfonamides is 1. The third-order valence-electron chi connectivity index (χ3n) is 4.67. The number of likely N-dealkylation sites (N-methyl/N-ethyl adjacent to an activating group) is 1. The van der Waals surface area contributed by atoms with E-state index < -0.39 is 16.1 Å². The van der Waals surface area contributed by atoms with Gasteiger partial charge in [-0.05, 0) is 24.5 Å². The van der Waals surface area contributed by atoms with Gasteiger partial charge in [0.15, 0.2) is 0 Å². The monoisotopic (exact) mass is 352 g/mol. The van der Waals surface area contributed by atoms with E-state index in [1.165, 1.54) is 11.4 Å². The van der Waals surface area contributed by atoms with Gasteiger partial charge in [-0.25, -0.2) is 8.42 Å². The van der Waals surface area contributed by atoms with Crippen LogP contribution < -0.4 is 5.32 Å². The fraction of sp³-hybridized carbons (Fsp3) is 0.533. The van der Waals surface area contributed by atoms with E-state index in [2.05, 4.69) is 10.3 Å². The first kappa shape index (κ1) is 16.8. The van der Waals surface area contributed by atoms with E-state index in [4.69, 9.17) is 0 Å². The molecule has 0 aliphatic carbocycles. The van der Waals surface area contributed by atoms with Gasteiger partial charge in [-0.15, -0.1) is 0 Å². The summed E-state index contributed by atoms with van der Waals surface area (Å²) >= 11 is 0. The van der Waals surface area contributed by atoms with Gasteiger partial charge < -0.3 is 10.2 Å². The molecule has 24 heavy (non-hydrogen) atoms. The van der Waals surface area contributed by atoms with E-state index in [9.17, 15) is 18.0 Å². The summed E-state index contributed by atoms with van der Waals surface area (Å²) < 4.78 is 25.6. The Morgan fingerprint density at radius 3 is 2.62 bits per heavy atom. The lowest BCUT2D eigenvalue weighted by Crippen LogP contribution is -2.49. The smallest absolute Gasteiger partial charge is 0.272 e. The van der Waals surface area contributed by atoms with Crippen molar-refractivity contribution in [1.82, 2.24) is 19.5 Å². The van der Waals surface area contributed by atoms with Gasteiger partial charge in [0, 0.05) is 32.4 Å². The average Bonchev–Trinajstić information content (AvgIpc) is 3.10. The number of nitrogens with zero attached hydrogens (tertiary/aromatic N) is 3. The van der Waals surface area contributed by atoms with Crippen LogP contribution in [0.25, 0.3) is 0 Å². The van der Waals surface area contributed by atoms with Crippen LogP contribution in [0, 0.1) is 5.92 Å². The second-order valence-electron chi connectivity index (χ2n) is 6.21. The molecule has 9 heteroatoms. The van der Waals surface area contributed by atoms with Crippen LogP contribution in [0.5, 0.6) is 0 Å². The number of amides is 2. The SMILES string of the molecule is CNC(=O)[C@H]1C[C@@H]2CN(C(=O)c3ccccn3)C[C@@H]2N1S(C)(=O)=O. The zero-order valence-corrected chi connectivity index (χ0v) is 14.4. The van der Waals surface area contributed by atoms with E-state index in [-0.39, 0.29) is 30.3 Å². The minimum atomic E-state index is -3.56. The van der Waals surface area contributed by atoms with Crippen molar-refractivity contribution < 1.29 is 18.0 Å². The molecule has 0 saturated carbocycles. The maximum atomic E-state index is 12.5. The second-order valence-corrected chi connectivity index (χ2v) is 8.10. The number of aromatic nitrogens is 1. The second kappa shape index (κ2) is 6.14. The Bertz CT molecular complexity index is 752. The summed E-state index contributed by atoms with van der Waals surface area (Å²) in [4.78, 5) is 30.2. The van der Waals surface area contributed by atoms with Crippen LogP contribution in [-0.4, -0.2) is 72.9 Å². The Morgan fingerprint density at radius 2 is 2.04 bits per heavy atom. The third kappa shape index (κ3) is 2.89. The lowest BCUT2D eigenvalue weighted by atomic mass is 10.0. The molecule has 3 heterocycles. The first-order chi connectivity index (χ1) is 11.3. The molecular weight excluding hydrogens is 332 g/mol. The van der Waals surface area contributed by atoms with Crippen molar-refractivity contribution in [3.63, 3.8) is 0 Å². The Labute approximate surface area is 140 Å². The van der Waals surface area contributed by atoms with Gasteiger partial charge in [0.05, 0.1) is 6.26 Å². The maximum absolute atomic E-state index is 12.5. The molecule has 2 amide bonds. The van der Waals surface area contributed by atoms with Crippen LogP contribution in [0.3, 0.4) is 0 Å². The van der Waals surface area contributed by atoms with Gasteiger partial charge >= 0.3 is 0 Å². The third-order valence-corrected chi connectivity index (χ3v) is 5.96. The molecule has 2 fully saturated rings. The first-order valence-electron chi connectivity index (χ1n) is 7.73. The summed E-state index contributed by atoms with van der Waals surface area (Å²) in [5.41, 5.74) is 0.339. The fourth-order valence-electron chi connectivity index (χ4n) is 3.68. The van der Waals surface area contributed by atoms with Crippen molar-refractivity contribution in [3.8, 4) is 0 Å². The molecule has 0 radical (unpaired) electrons. The average molecular weight is 352 g/mol. The molecule has 0 unspecified atom stereocenters. The van der Waals surface area contributed by atoms with E-state index in [0.29, 0.717) is 18.7 Å². The Kier molecular flexibility index (Phi) is 4.31. The highest BCUT2D eigenvalue weighted by Crippen LogP contribution is 2.37. The molecule has 1 aromatic rings. The van der Waals surface area contributed by atoms with Crippen LogP contribution in [0.1, 0.15) is 16.9 Å². The summed E-state index contributed by atoms with van der Waals surface area (Å²) in [6.07, 6.45) is 3.08. The fourth-order valence-corrected chi connectivity index (χ4v) is 5.05. The molecule has 1 N–H and O–H groups in total. The summed E-state index contributed by atoms with van der Waals surface area (Å²) in [6, 6.07) is 4.04. The summed E-state index contributed by atoms with van der Waals surface area (Å²) in [6.45, 7) is 0.709. The summed E-state index contributed by atoms with van der Waals surface area (Å²) in [5.74, 6) is -0.568. The van der Waals surface area contributed by atoms with Crippen LogP contribution >= 0.6 is 0 Å². The molecule has 130 valence electrons. The zero-order chi connectivity index (χ0) is 17.5. The van der Waals surface area contributed by atoms with Gasteiger partial charge in [-0.2, -0.15) is 4.31 Å². The maximum Gasteiger partial charge on any atom is 0.272 e. The Balaban J connectivity index is 1.82. The van der Waals surface area contributed by atoms with Crippen molar-refractivity contribution in [2.75, 3.05) is 26.4 Å². The highest BCUT2D eigenvalue weighted by Gasteiger charge is 2.53. The van der Waals surface area contributed by atoms with Crippen LogP contribution in [0.15, 0.2) is 24.4 Å². The number of carbonyl (C=O) groups is 2. The largest absolute Gasteiger partial charge is 0.358 e. The zero-order valence-electron chi connectivity index (χ0n) is 13.5. The minimum absolute atomic E-state index is 0.0466. The number of carbonyl (C=O) groups excluding carboxylic acids is 2. The van der Waals surface area contributed by atoms with E-state index in [1.54, 1.807) is 29.3 Å². The number of rotatable bonds is 3. The Hall–Kier alpha value is -2.00. The first-order valence-corrected chi connectivity index (χ1v) is 9.58. The normalized spacial score (nSPS) is 27.1. The predicted molar refractivity (Wildman–Crippen MR) is 86.6 cm³/mol. The number of pyridine rings is 1. The van der Waals surface area contributed by atoms with Crippen LogP contribution in [-0.2, 0) is 14.8 Å². The van der Waals surface area contributed by atoms with Crippen molar-refractivity contribution >= 4 is 21.8 Å². The number of hydrogen-bond donors (Lipinski definition) is 1. The quantitative estimate of drug-likeness (QED) is 0.776. The van der Waals surface area contributed by atoms with Crippen LogP contribution in [0.2, 0.25) is 0 Å². The minimum Gasteiger partial charge on any atom is -0.358 e. The highest BCUT2D eigenvalue weighted by molar-refractivity contribution is 7.88. The van der Waals surface area contributed by atoms with Crippen molar-refractivity contribution in [3.05, 3.63) is 30.1 Å². The van der Waals surface area contributed by atoms with Gasteiger partial charge in [0.25, 0.3) is 5.91 Å². The summed E-state index contributed by atoms with van der Waals surface area (Å²) in [5, 5.41) is 2.52. The lowest BCUT2D eigenvalue weighted by Gasteiger charge is -2.27. The Morgan fingerprint density at radius 1 is 1.29 bits per heavy atom. The molecule has 2 saturated heterocycles. The van der Waals surface area contributed by atoms with Crippen molar-refractivity contribution in [2.45, 2.75) is 18.5 Å². The van der Waals surface area contributed by atoms with Crippen molar-refractivity contribution in [1.29, 1.82) is 0 Å². The molecule has 0 bridgehead atoms. The lowest BCUT2D eigenvalue weighted by molar-refractivity contribution is -0.124. The van der Waals surface area contributed by atoms with Gasteiger partial charge in [-0.3, -0.25) is 14.6 Å². The summed E-state index contributed by atoms with van der Waals surface area (Å²) in [7, 11) is -2.06. The number of hydrogen-bond acceptors (Lipinski definition) is 5. The van der Waals surface area contributed by atoms with Crippen LogP contribution in [0.4, 0.5) is 0 Å². The molecule has 2 aliphatic heterocycles. The molecule has 2 aliphatic rings. The molecule has 1 aromatic heterocycles. The van der Waals surface area contributed by atoms with Gasteiger partial charge in [-0.1, -0.05) is 6.07 Å². The highest BCUT2D eigenvalue weighted by atomic mass is 32.2. The van der Waals surface area contributed by atoms with E-state index in [1.807, 2.05) is 0 Å². The molecule has 0 spiro atoms. The number of fused-ring (bicyclic) bond motifs is 1. The molecular formula is C15H20N4O4S. The molecule has 8 nitrogen and oxygen atoms in total. The molecule has 0 aromatic carbocycles. The topological polar surface area (TPSA) is 99.7 Å². The molecule has 3 atom stereocenters. The van der Waals surface area contributed by atoms with Gasteiger partial charge in [0.2, 0.25) is 15.9 Å². The van der Waals surface area contributed by atoms with E-state index >= 15 is 0 Å². The van der Waals surface area contributed by atoms with Crippen molar-refractivity contribution in [2.24, 2.45) is 5.92 Å².